The van der Waals surface area contributed by atoms with Gasteiger partial charge in [-0.2, -0.15) is 5.26 Å². The third-order valence-corrected chi connectivity index (χ3v) is 5.14. The fourth-order valence-electron chi connectivity index (χ4n) is 2.53. The van der Waals surface area contributed by atoms with Gasteiger partial charge in [-0.05, 0) is 5.92 Å². The van der Waals surface area contributed by atoms with Crippen LogP contribution < -0.4 is 5.56 Å². The van der Waals surface area contributed by atoms with Crippen molar-refractivity contribution < 1.29 is 0 Å². The smallest absolute Gasteiger partial charge is 0.272 e. The number of hydrogen-bond acceptors (Lipinski definition) is 6. The van der Waals surface area contributed by atoms with Gasteiger partial charge in [-0.1, -0.05) is 39.5 Å². The highest BCUT2D eigenvalue weighted by Gasteiger charge is 2.24. The van der Waals surface area contributed by atoms with E-state index < -0.39 is 0 Å². The third-order valence-electron chi connectivity index (χ3n) is 3.83. The minimum absolute atomic E-state index is 0.0561. The minimum Gasteiger partial charge on any atom is -0.286 e. The van der Waals surface area contributed by atoms with E-state index in [1.807, 2.05) is 26.8 Å². The lowest BCUT2D eigenvalue weighted by atomic mass is 9.95. The predicted octanol–water partition coefficient (Wildman–Crippen LogP) is 2.61. The minimum atomic E-state index is -0.281. The van der Waals surface area contributed by atoms with Crippen molar-refractivity contribution >= 4 is 11.8 Å². The molecule has 7 heteroatoms. The molecule has 0 aromatic carbocycles. The Hall–Kier alpha value is -2.20. The number of fused-ring (bicyclic) bond motifs is 1. The van der Waals surface area contributed by atoms with Gasteiger partial charge in [-0.15, -0.1) is 0 Å². The van der Waals surface area contributed by atoms with Crippen LogP contribution >= 0.6 is 11.8 Å². The number of hydrogen-bond donors (Lipinski definition) is 0. The lowest BCUT2D eigenvalue weighted by Crippen LogP contribution is -2.32. The molecule has 0 fully saturated rings. The highest BCUT2D eigenvalue weighted by atomic mass is 32.2. The first kappa shape index (κ1) is 16.7. The molecule has 0 unspecified atom stereocenters. The maximum Gasteiger partial charge on any atom is 0.272 e. The maximum absolute atomic E-state index is 12.7. The van der Waals surface area contributed by atoms with Crippen molar-refractivity contribution in [3.05, 3.63) is 34.1 Å². The van der Waals surface area contributed by atoms with E-state index in [0.29, 0.717) is 34.7 Å². The van der Waals surface area contributed by atoms with Gasteiger partial charge in [0.15, 0.2) is 5.16 Å². The van der Waals surface area contributed by atoms with E-state index in [0.717, 1.165) is 5.75 Å². The molecule has 2 aromatic rings. The molecule has 6 nitrogen and oxygen atoms in total. The van der Waals surface area contributed by atoms with Crippen LogP contribution in [0.15, 0.2) is 22.3 Å². The monoisotopic (exact) mass is 341 g/mol. The van der Waals surface area contributed by atoms with Crippen LogP contribution in [-0.4, -0.2) is 25.3 Å². The van der Waals surface area contributed by atoms with E-state index in [1.165, 1.54) is 0 Å². The highest BCUT2D eigenvalue weighted by Crippen LogP contribution is 2.28. The summed E-state index contributed by atoms with van der Waals surface area (Å²) < 4.78 is 1.60. The summed E-state index contributed by atoms with van der Waals surface area (Å²) in [5.74, 6) is 2.01. The number of aromatic nitrogens is 4. The van der Waals surface area contributed by atoms with Crippen LogP contribution in [-0.2, 0) is 12.0 Å². The normalized spacial score (nSPS) is 17.2. The molecule has 0 aliphatic carbocycles. The zero-order valence-corrected chi connectivity index (χ0v) is 15.0. The molecule has 3 rings (SSSR count). The number of rotatable bonds is 1. The second-order valence-electron chi connectivity index (χ2n) is 7.11. The maximum atomic E-state index is 12.7. The van der Waals surface area contributed by atoms with Crippen molar-refractivity contribution in [2.45, 2.75) is 44.8 Å². The van der Waals surface area contributed by atoms with E-state index in [4.69, 9.17) is 0 Å². The number of nitrogens with zero attached hydrogens (tertiary/aromatic N) is 5. The first-order valence-corrected chi connectivity index (χ1v) is 8.80. The van der Waals surface area contributed by atoms with Gasteiger partial charge in [0, 0.05) is 35.7 Å². The molecule has 24 heavy (non-hydrogen) atoms. The van der Waals surface area contributed by atoms with Crippen molar-refractivity contribution in [3.63, 3.8) is 0 Å². The van der Waals surface area contributed by atoms with Crippen molar-refractivity contribution in [3.8, 4) is 17.3 Å². The fraction of sp³-hybridized carbons (Fsp3) is 0.471. The summed E-state index contributed by atoms with van der Waals surface area (Å²) >= 11 is 1.55. The Labute approximate surface area is 145 Å². The van der Waals surface area contributed by atoms with Crippen molar-refractivity contribution in [2.75, 3.05) is 5.75 Å². The zero-order valence-electron chi connectivity index (χ0n) is 14.2. The lowest BCUT2D eigenvalue weighted by Gasteiger charge is -2.23. The predicted molar refractivity (Wildman–Crippen MR) is 92.8 cm³/mol. The molecular formula is C17H19N5OS. The summed E-state index contributed by atoms with van der Waals surface area (Å²) in [5, 5.41) is 10.1. The van der Waals surface area contributed by atoms with E-state index in [2.05, 4.69) is 21.9 Å². The van der Waals surface area contributed by atoms with Gasteiger partial charge in [0.25, 0.3) is 5.56 Å². The summed E-state index contributed by atoms with van der Waals surface area (Å²) in [6.07, 6.45) is 3.28. The first-order chi connectivity index (χ1) is 11.3. The molecule has 0 N–H and O–H groups in total. The van der Waals surface area contributed by atoms with Gasteiger partial charge in [0.2, 0.25) is 0 Å². The van der Waals surface area contributed by atoms with Crippen molar-refractivity contribution in [2.24, 2.45) is 5.92 Å². The topological polar surface area (TPSA) is 84.5 Å². The zero-order chi connectivity index (χ0) is 17.5. The molecule has 0 amide bonds. The van der Waals surface area contributed by atoms with E-state index >= 15 is 0 Å². The molecule has 1 atom stereocenters. The summed E-state index contributed by atoms with van der Waals surface area (Å²) in [5.41, 5.74) is 0.582. The molecule has 1 aliphatic rings. The Kier molecular flexibility index (Phi) is 4.18. The summed E-state index contributed by atoms with van der Waals surface area (Å²) in [6.45, 7) is 8.78. The molecule has 0 bridgehead atoms. The van der Waals surface area contributed by atoms with E-state index in [-0.39, 0.29) is 16.5 Å². The second kappa shape index (κ2) is 6.02. The van der Waals surface area contributed by atoms with Crippen molar-refractivity contribution in [1.29, 1.82) is 5.26 Å². The molecule has 0 saturated carbocycles. The Morgan fingerprint density at radius 1 is 1.33 bits per heavy atom. The number of nitriles is 1. The number of thioether (sulfide) groups is 1. The summed E-state index contributed by atoms with van der Waals surface area (Å²) in [4.78, 5) is 26.0. The quantitative estimate of drug-likeness (QED) is 0.741. The molecule has 124 valence electrons. The Bertz CT molecular complexity index is 874. The van der Waals surface area contributed by atoms with Gasteiger partial charge in [0.1, 0.15) is 17.5 Å². The summed E-state index contributed by atoms with van der Waals surface area (Å²) in [6, 6.07) is 2.01. The SMILES string of the molecule is C[C@@H]1CSc2nc(-c3cnc(C(C)(C)C)nc3)c(C#N)c(=O)n2C1. The molecule has 3 heterocycles. The Morgan fingerprint density at radius 3 is 2.58 bits per heavy atom. The molecule has 0 saturated heterocycles. The van der Waals surface area contributed by atoms with Gasteiger partial charge in [0.05, 0.1) is 5.69 Å². The van der Waals surface area contributed by atoms with Crippen LogP contribution in [0.1, 0.15) is 39.1 Å². The molecule has 2 aromatic heterocycles. The Morgan fingerprint density at radius 2 is 2.00 bits per heavy atom. The second-order valence-corrected chi connectivity index (χ2v) is 8.09. The van der Waals surface area contributed by atoms with Gasteiger partial charge < -0.3 is 0 Å². The van der Waals surface area contributed by atoms with Crippen LogP contribution in [0.2, 0.25) is 0 Å². The summed E-state index contributed by atoms with van der Waals surface area (Å²) in [7, 11) is 0. The van der Waals surface area contributed by atoms with Crippen molar-refractivity contribution in [1.82, 2.24) is 19.5 Å². The van der Waals surface area contributed by atoms with Crippen LogP contribution in [0, 0.1) is 17.2 Å². The first-order valence-electron chi connectivity index (χ1n) is 7.82. The van der Waals surface area contributed by atoms with E-state index in [1.54, 1.807) is 28.7 Å². The van der Waals surface area contributed by atoms with Gasteiger partial charge >= 0.3 is 0 Å². The van der Waals surface area contributed by atoms with Gasteiger partial charge in [-0.3, -0.25) is 9.36 Å². The standard InChI is InChI=1S/C17H19N5OS/c1-10-8-22-14(23)12(5-18)13(21-16(22)24-9-10)11-6-19-15(20-7-11)17(2,3)4/h6-7,10H,8-9H2,1-4H3/t10-/m0/s1. The fourth-order valence-corrected chi connectivity index (χ4v) is 3.54. The average Bonchev–Trinajstić information content (AvgIpc) is 2.54. The lowest BCUT2D eigenvalue weighted by molar-refractivity contribution is 0.460. The van der Waals surface area contributed by atoms with Gasteiger partial charge in [-0.25, -0.2) is 15.0 Å². The van der Waals surface area contributed by atoms with Crippen LogP contribution in [0.3, 0.4) is 0 Å². The van der Waals surface area contributed by atoms with Crippen LogP contribution in [0.4, 0.5) is 0 Å². The van der Waals surface area contributed by atoms with Crippen LogP contribution in [0.5, 0.6) is 0 Å². The molecule has 1 aliphatic heterocycles. The third kappa shape index (κ3) is 2.94. The molecule has 0 spiro atoms. The molecule has 0 radical (unpaired) electrons. The largest absolute Gasteiger partial charge is 0.286 e. The van der Waals surface area contributed by atoms with E-state index in [9.17, 15) is 10.1 Å². The average molecular weight is 341 g/mol. The Balaban J connectivity index is 2.14. The molecular weight excluding hydrogens is 322 g/mol. The highest BCUT2D eigenvalue weighted by molar-refractivity contribution is 7.99. The van der Waals surface area contributed by atoms with Crippen LogP contribution in [0.25, 0.3) is 11.3 Å².